The number of nitrogens with zero attached hydrogens (tertiary/aromatic N) is 2. The zero-order valence-corrected chi connectivity index (χ0v) is 16.7. The molecule has 3 aromatic rings. The molecule has 0 aliphatic carbocycles. The Labute approximate surface area is 173 Å². The number of carbonyl (C=O) groups excluding carboxylic acids is 2. The van der Waals surface area contributed by atoms with Gasteiger partial charge in [-0.1, -0.05) is 29.8 Å². The molecule has 0 aliphatic rings. The number of hydrogen-bond donors (Lipinski definition) is 1. The van der Waals surface area contributed by atoms with E-state index in [4.69, 9.17) is 21.6 Å². The molecule has 0 spiro atoms. The van der Waals surface area contributed by atoms with Crippen LogP contribution in [0.2, 0.25) is 5.02 Å². The Hall–Kier alpha value is -3.56. The molecular formula is C22H18ClN3O3. The highest BCUT2D eigenvalue weighted by Crippen LogP contribution is 2.22. The summed E-state index contributed by atoms with van der Waals surface area (Å²) in [7, 11) is 0. The molecular weight excluding hydrogens is 390 g/mol. The summed E-state index contributed by atoms with van der Waals surface area (Å²) in [6.07, 6.45) is 0. The van der Waals surface area contributed by atoms with Crippen molar-refractivity contribution in [1.82, 2.24) is 4.57 Å². The number of benzene rings is 2. The SMILES string of the molecule is Cc1cc(C(=O)OCC(=O)Nc2cc(Cl)ccc2C#N)c(C)n1-c1ccccc1. The molecule has 1 heterocycles. The lowest BCUT2D eigenvalue weighted by atomic mass is 10.2. The van der Waals surface area contributed by atoms with Crippen molar-refractivity contribution in [2.75, 3.05) is 11.9 Å². The normalized spacial score (nSPS) is 10.3. The van der Waals surface area contributed by atoms with E-state index in [0.29, 0.717) is 10.6 Å². The molecule has 0 saturated carbocycles. The average Bonchev–Trinajstić information content (AvgIpc) is 3.01. The van der Waals surface area contributed by atoms with Crippen LogP contribution in [0.4, 0.5) is 5.69 Å². The molecule has 0 atom stereocenters. The van der Waals surface area contributed by atoms with E-state index in [-0.39, 0.29) is 11.3 Å². The van der Waals surface area contributed by atoms with E-state index in [1.54, 1.807) is 12.1 Å². The van der Waals surface area contributed by atoms with Gasteiger partial charge in [0.15, 0.2) is 6.61 Å². The molecule has 0 bridgehead atoms. The highest BCUT2D eigenvalue weighted by molar-refractivity contribution is 6.31. The predicted molar refractivity (Wildman–Crippen MR) is 110 cm³/mol. The quantitative estimate of drug-likeness (QED) is 0.634. The van der Waals surface area contributed by atoms with E-state index >= 15 is 0 Å². The summed E-state index contributed by atoms with van der Waals surface area (Å²) in [6, 6.07) is 17.9. The molecule has 2 aromatic carbocycles. The van der Waals surface area contributed by atoms with Crippen molar-refractivity contribution in [2.45, 2.75) is 13.8 Å². The van der Waals surface area contributed by atoms with Gasteiger partial charge in [-0.25, -0.2) is 4.79 Å². The van der Waals surface area contributed by atoms with E-state index in [1.807, 2.05) is 54.8 Å². The van der Waals surface area contributed by atoms with Crippen LogP contribution in [-0.4, -0.2) is 23.1 Å². The van der Waals surface area contributed by atoms with Crippen molar-refractivity contribution in [3.8, 4) is 11.8 Å². The van der Waals surface area contributed by atoms with Crippen LogP contribution in [0.3, 0.4) is 0 Å². The van der Waals surface area contributed by atoms with Crippen LogP contribution in [0.1, 0.15) is 27.3 Å². The first-order valence-corrected chi connectivity index (χ1v) is 9.19. The van der Waals surface area contributed by atoms with Gasteiger partial charge in [-0.2, -0.15) is 5.26 Å². The smallest absolute Gasteiger partial charge is 0.340 e. The number of nitriles is 1. The Morgan fingerprint density at radius 1 is 1.14 bits per heavy atom. The molecule has 29 heavy (non-hydrogen) atoms. The summed E-state index contributed by atoms with van der Waals surface area (Å²) in [5.74, 6) is -1.16. The minimum Gasteiger partial charge on any atom is -0.452 e. The standard InChI is InChI=1S/C22H18ClN3O3/c1-14-10-19(15(2)26(14)18-6-4-3-5-7-18)22(28)29-13-21(27)25-20-11-17(23)9-8-16(20)12-24/h3-11H,13H2,1-2H3,(H,25,27). The zero-order chi connectivity index (χ0) is 21.0. The minimum absolute atomic E-state index is 0.264. The van der Waals surface area contributed by atoms with Crippen molar-refractivity contribution < 1.29 is 14.3 Å². The number of halogens is 1. The number of aryl methyl sites for hydroxylation is 1. The number of esters is 1. The van der Waals surface area contributed by atoms with Crippen LogP contribution in [-0.2, 0) is 9.53 Å². The van der Waals surface area contributed by atoms with Gasteiger partial charge < -0.3 is 14.6 Å². The first-order chi connectivity index (χ1) is 13.9. The Morgan fingerprint density at radius 3 is 2.55 bits per heavy atom. The summed E-state index contributed by atoms with van der Waals surface area (Å²) in [4.78, 5) is 24.7. The van der Waals surface area contributed by atoms with E-state index < -0.39 is 18.5 Å². The number of carbonyl (C=O) groups is 2. The van der Waals surface area contributed by atoms with Gasteiger partial charge in [0.1, 0.15) is 6.07 Å². The van der Waals surface area contributed by atoms with Gasteiger partial charge in [-0.3, -0.25) is 4.79 Å². The van der Waals surface area contributed by atoms with Crippen molar-refractivity contribution in [2.24, 2.45) is 0 Å². The van der Waals surface area contributed by atoms with E-state index in [0.717, 1.165) is 17.1 Å². The monoisotopic (exact) mass is 407 g/mol. The van der Waals surface area contributed by atoms with Crippen LogP contribution >= 0.6 is 11.6 Å². The topological polar surface area (TPSA) is 84.1 Å². The minimum atomic E-state index is -0.595. The fraction of sp³-hybridized carbons (Fsp3) is 0.136. The number of amides is 1. The van der Waals surface area contributed by atoms with Crippen molar-refractivity contribution >= 4 is 29.2 Å². The lowest BCUT2D eigenvalue weighted by Crippen LogP contribution is -2.21. The molecule has 0 unspecified atom stereocenters. The first-order valence-electron chi connectivity index (χ1n) is 8.81. The summed E-state index contributed by atoms with van der Waals surface area (Å²) in [6.45, 7) is 3.24. The molecule has 0 aliphatic heterocycles. The Kier molecular flexibility index (Phi) is 6.01. The zero-order valence-electron chi connectivity index (χ0n) is 15.9. The second kappa shape index (κ2) is 8.63. The van der Waals surface area contributed by atoms with Gasteiger partial charge in [0.25, 0.3) is 5.91 Å². The highest BCUT2D eigenvalue weighted by atomic mass is 35.5. The van der Waals surface area contributed by atoms with Crippen molar-refractivity contribution in [1.29, 1.82) is 5.26 Å². The number of para-hydroxylation sites is 1. The third kappa shape index (κ3) is 4.48. The molecule has 0 saturated heterocycles. The molecule has 6 nitrogen and oxygen atoms in total. The Bertz CT molecular complexity index is 1110. The third-order valence-corrected chi connectivity index (χ3v) is 4.61. The van der Waals surface area contributed by atoms with Crippen LogP contribution in [0.25, 0.3) is 5.69 Å². The molecule has 1 aromatic heterocycles. The summed E-state index contributed by atoms with van der Waals surface area (Å²) >= 11 is 5.90. The molecule has 7 heteroatoms. The molecule has 0 radical (unpaired) electrons. The number of anilines is 1. The molecule has 1 N–H and O–H groups in total. The van der Waals surface area contributed by atoms with E-state index in [2.05, 4.69) is 5.32 Å². The van der Waals surface area contributed by atoms with Gasteiger partial charge in [-0.05, 0) is 50.2 Å². The van der Waals surface area contributed by atoms with E-state index in [1.165, 1.54) is 12.1 Å². The predicted octanol–water partition coefficient (Wildman–Crippen LogP) is 4.41. The van der Waals surface area contributed by atoms with Gasteiger partial charge >= 0.3 is 5.97 Å². The number of ether oxygens (including phenoxy) is 1. The van der Waals surface area contributed by atoms with E-state index in [9.17, 15) is 9.59 Å². The fourth-order valence-electron chi connectivity index (χ4n) is 3.06. The van der Waals surface area contributed by atoms with Gasteiger partial charge in [0, 0.05) is 22.1 Å². The summed E-state index contributed by atoms with van der Waals surface area (Å²) in [5.41, 5.74) is 3.45. The maximum Gasteiger partial charge on any atom is 0.340 e. The van der Waals surface area contributed by atoms with Crippen LogP contribution in [0.15, 0.2) is 54.6 Å². The fourth-order valence-corrected chi connectivity index (χ4v) is 3.23. The third-order valence-electron chi connectivity index (χ3n) is 4.38. The van der Waals surface area contributed by atoms with Crippen LogP contribution in [0.5, 0.6) is 0 Å². The first kappa shape index (κ1) is 20.2. The van der Waals surface area contributed by atoms with Crippen LogP contribution in [0, 0.1) is 25.2 Å². The van der Waals surface area contributed by atoms with Gasteiger partial charge in [0.05, 0.1) is 16.8 Å². The maximum absolute atomic E-state index is 12.5. The number of aromatic nitrogens is 1. The summed E-state index contributed by atoms with van der Waals surface area (Å²) < 4.78 is 7.12. The van der Waals surface area contributed by atoms with Crippen molar-refractivity contribution in [3.05, 3.63) is 82.1 Å². The molecule has 1 amide bonds. The lowest BCUT2D eigenvalue weighted by Gasteiger charge is -2.10. The lowest BCUT2D eigenvalue weighted by molar-refractivity contribution is -0.119. The Balaban J connectivity index is 1.70. The molecule has 3 rings (SSSR count). The molecule has 146 valence electrons. The number of hydrogen-bond acceptors (Lipinski definition) is 4. The van der Waals surface area contributed by atoms with Gasteiger partial charge in [0.2, 0.25) is 0 Å². The molecule has 0 fully saturated rings. The maximum atomic E-state index is 12.5. The van der Waals surface area contributed by atoms with Gasteiger partial charge in [-0.15, -0.1) is 0 Å². The van der Waals surface area contributed by atoms with Crippen LogP contribution < -0.4 is 5.32 Å². The average molecular weight is 408 g/mol. The largest absolute Gasteiger partial charge is 0.452 e. The second-order valence-corrected chi connectivity index (χ2v) is 6.82. The number of nitrogens with one attached hydrogen (secondary N) is 1. The number of rotatable bonds is 5. The highest BCUT2D eigenvalue weighted by Gasteiger charge is 2.19. The summed E-state index contributed by atoms with van der Waals surface area (Å²) in [5, 5.41) is 12.0. The Morgan fingerprint density at radius 2 is 1.86 bits per heavy atom. The van der Waals surface area contributed by atoms with Crippen molar-refractivity contribution in [3.63, 3.8) is 0 Å². The second-order valence-electron chi connectivity index (χ2n) is 6.38.